The monoisotopic (exact) mass is 304 g/mol. The molecule has 0 bridgehead atoms. The van der Waals surface area contributed by atoms with Gasteiger partial charge in [-0.05, 0) is 25.0 Å². The largest absolute Gasteiger partial charge is 0.392 e. The van der Waals surface area contributed by atoms with Crippen molar-refractivity contribution < 1.29 is 9.90 Å². The van der Waals surface area contributed by atoms with Gasteiger partial charge in [-0.25, -0.2) is 0 Å². The Bertz CT molecular complexity index is 676. The van der Waals surface area contributed by atoms with E-state index in [4.69, 9.17) is 0 Å². The minimum Gasteiger partial charge on any atom is -0.392 e. The van der Waals surface area contributed by atoms with E-state index in [0.717, 1.165) is 5.82 Å². The van der Waals surface area contributed by atoms with Gasteiger partial charge in [0, 0.05) is 18.2 Å². The Kier molecular flexibility index (Phi) is 4.51. The molecule has 6 heteroatoms. The first kappa shape index (κ1) is 16.4. The Morgan fingerprint density at radius 3 is 2.68 bits per heavy atom. The van der Waals surface area contributed by atoms with Crippen LogP contribution in [0.4, 0.5) is 0 Å². The molecule has 0 radical (unpaired) electrons. The fraction of sp³-hybridized carbons (Fsp3) is 0.562. The standard InChI is InChI=1S/C16H24N4O2/c1-10(2)14(21)16(4,5)9-17-15(22)12-6-7-13-19-18-11(3)20(13)8-12/h6-8,10,14,21H,9H2,1-5H3,(H,17,22). The molecule has 2 N–H and O–H groups in total. The van der Waals surface area contributed by atoms with Crippen molar-refractivity contribution in [2.24, 2.45) is 11.3 Å². The maximum Gasteiger partial charge on any atom is 0.252 e. The molecule has 0 aliphatic carbocycles. The highest BCUT2D eigenvalue weighted by Gasteiger charge is 2.30. The number of aliphatic hydroxyl groups is 1. The van der Waals surface area contributed by atoms with Gasteiger partial charge in [-0.3, -0.25) is 9.20 Å². The van der Waals surface area contributed by atoms with Crippen LogP contribution in [0, 0.1) is 18.3 Å². The summed E-state index contributed by atoms with van der Waals surface area (Å²) in [6.45, 7) is 10.1. The van der Waals surface area contributed by atoms with Crippen LogP contribution in [-0.2, 0) is 0 Å². The predicted molar refractivity (Wildman–Crippen MR) is 84.7 cm³/mol. The fourth-order valence-corrected chi connectivity index (χ4v) is 2.56. The lowest BCUT2D eigenvalue weighted by Gasteiger charge is -2.33. The first-order valence-electron chi connectivity index (χ1n) is 7.50. The second-order valence-electron chi connectivity index (χ2n) is 6.75. The smallest absolute Gasteiger partial charge is 0.252 e. The number of pyridine rings is 1. The second kappa shape index (κ2) is 6.04. The molecular weight excluding hydrogens is 280 g/mol. The van der Waals surface area contributed by atoms with E-state index in [9.17, 15) is 9.90 Å². The minimum absolute atomic E-state index is 0.142. The third-order valence-corrected chi connectivity index (χ3v) is 3.97. The Balaban J connectivity index is 2.09. The van der Waals surface area contributed by atoms with Crippen molar-refractivity contribution in [1.82, 2.24) is 19.9 Å². The highest BCUT2D eigenvalue weighted by atomic mass is 16.3. The summed E-state index contributed by atoms with van der Waals surface area (Å²) >= 11 is 0. The summed E-state index contributed by atoms with van der Waals surface area (Å²) in [7, 11) is 0. The highest BCUT2D eigenvalue weighted by Crippen LogP contribution is 2.25. The number of aryl methyl sites for hydroxylation is 1. The van der Waals surface area contributed by atoms with Gasteiger partial charge in [0.1, 0.15) is 5.82 Å². The molecule has 2 aromatic heterocycles. The predicted octanol–water partition coefficient (Wildman–Crippen LogP) is 1.81. The first-order chi connectivity index (χ1) is 10.2. The van der Waals surface area contributed by atoms with Crippen LogP contribution in [0.1, 0.15) is 43.9 Å². The SMILES string of the molecule is Cc1nnc2ccc(C(=O)NCC(C)(C)C(O)C(C)C)cn12. The number of rotatable bonds is 5. The van der Waals surface area contributed by atoms with Crippen LogP contribution in [0.15, 0.2) is 18.3 Å². The maximum atomic E-state index is 12.3. The Hall–Kier alpha value is -1.95. The maximum absolute atomic E-state index is 12.3. The van der Waals surface area contributed by atoms with Crippen LogP contribution in [0.2, 0.25) is 0 Å². The Morgan fingerprint density at radius 2 is 2.05 bits per heavy atom. The van der Waals surface area contributed by atoms with Gasteiger partial charge in [0.2, 0.25) is 0 Å². The summed E-state index contributed by atoms with van der Waals surface area (Å²) in [5.74, 6) is 0.710. The van der Waals surface area contributed by atoms with Crippen molar-refractivity contribution >= 4 is 11.6 Å². The summed E-state index contributed by atoms with van der Waals surface area (Å²) < 4.78 is 1.78. The Morgan fingerprint density at radius 1 is 1.36 bits per heavy atom. The van der Waals surface area contributed by atoms with Crippen LogP contribution in [-0.4, -0.2) is 38.3 Å². The first-order valence-corrected chi connectivity index (χ1v) is 7.50. The number of nitrogens with zero attached hydrogens (tertiary/aromatic N) is 3. The van der Waals surface area contributed by atoms with E-state index in [-0.39, 0.29) is 17.2 Å². The van der Waals surface area contributed by atoms with Gasteiger partial charge in [-0.2, -0.15) is 0 Å². The van der Waals surface area contributed by atoms with E-state index in [1.165, 1.54) is 0 Å². The van der Waals surface area contributed by atoms with Crippen molar-refractivity contribution in [3.05, 3.63) is 29.7 Å². The molecule has 1 amide bonds. The van der Waals surface area contributed by atoms with Gasteiger partial charge in [0.25, 0.3) is 5.91 Å². The summed E-state index contributed by atoms with van der Waals surface area (Å²) in [6, 6.07) is 3.49. The van der Waals surface area contributed by atoms with E-state index >= 15 is 0 Å². The molecule has 2 rings (SSSR count). The molecule has 0 aromatic carbocycles. The van der Waals surface area contributed by atoms with Gasteiger partial charge in [-0.15, -0.1) is 10.2 Å². The topological polar surface area (TPSA) is 79.5 Å². The lowest BCUT2D eigenvalue weighted by atomic mass is 9.80. The normalized spacial score (nSPS) is 13.6. The third-order valence-electron chi connectivity index (χ3n) is 3.97. The van der Waals surface area contributed by atoms with Crippen LogP contribution in [0.25, 0.3) is 5.65 Å². The minimum atomic E-state index is -0.477. The van der Waals surface area contributed by atoms with Gasteiger partial charge in [0.15, 0.2) is 5.65 Å². The molecule has 0 spiro atoms. The van der Waals surface area contributed by atoms with Gasteiger partial charge in [0.05, 0.1) is 11.7 Å². The number of aliphatic hydroxyl groups excluding tert-OH is 1. The number of hydrogen-bond donors (Lipinski definition) is 2. The average molecular weight is 304 g/mol. The van der Waals surface area contributed by atoms with Crippen molar-refractivity contribution in [2.45, 2.75) is 40.7 Å². The second-order valence-corrected chi connectivity index (χ2v) is 6.75. The number of carbonyl (C=O) groups excluding carboxylic acids is 1. The van der Waals surface area contributed by atoms with Crippen LogP contribution < -0.4 is 5.32 Å². The van der Waals surface area contributed by atoms with Crippen LogP contribution >= 0.6 is 0 Å². The summed E-state index contributed by atoms with van der Waals surface area (Å²) in [5.41, 5.74) is 0.871. The van der Waals surface area contributed by atoms with Gasteiger partial charge < -0.3 is 10.4 Å². The van der Waals surface area contributed by atoms with Crippen molar-refractivity contribution in [2.75, 3.05) is 6.54 Å². The third kappa shape index (κ3) is 3.27. The zero-order chi connectivity index (χ0) is 16.5. The number of fused-ring (bicyclic) bond motifs is 1. The van der Waals surface area contributed by atoms with E-state index in [1.807, 2.05) is 34.6 Å². The van der Waals surface area contributed by atoms with Crippen LogP contribution in [0.3, 0.4) is 0 Å². The summed E-state index contributed by atoms with van der Waals surface area (Å²) in [4.78, 5) is 12.3. The van der Waals surface area contributed by atoms with Crippen molar-refractivity contribution in [3.63, 3.8) is 0 Å². The lowest BCUT2D eigenvalue weighted by molar-refractivity contribution is 0.0138. The molecule has 2 aromatic rings. The average Bonchev–Trinajstić information content (AvgIpc) is 2.85. The molecular formula is C16H24N4O2. The summed E-state index contributed by atoms with van der Waals surface area (Å²) in [6.07, 6.45) is 1.25. The quantitative estimate of drug-likeness (QED) is 0.883. The fourth-order valence-electron chi connectivity index (χ4n) is 2.56. The molecule has 1 unspecified atom stereocenters. The van der Waals surface area contributed by atoms with Gasteiger partial charge in [-0.1, -0.05) is 27.7 Å². The molecule has 0 saturated heterocycles. The zero-order valence-electron chi connectivity index (χ0n) is 13.8. The molecule has 0 aliphatic heterocycles. The Labute approximate surface area is 130 Å². The molecule has 120 valence electrons. The molecule has 22 heavy (non-hydrogen) atoms. The molecule has 0 aliphatic rings. The molecule has 0 saturated carbocycles. The molecule has 0 fully saturated rings. The molecule has 2 heterocycles. The highest BCUT2D eigenvalue weighted by molar-refractivity contribution is 5.94. The van der Waals surface area contributed by atoms with E-state index < -0.39 is 6.10 Å². The number of nitrogens with one attached hydrogen (secondary N) is 1. The number of aromatic nitrogens is 3. The number of hydrogen-bond acceptors (Lipinski definition) is 4. The zero-order valence-corrected chi connectivity index (χ0v) is 13.8. The number of amides is 1. The van der Waals surface area contributed by atoms with Crippen molar-refractivity contribution in [3.8, 4) is 0 Å². The van der Waals surface area contributed by atoms with Crippen LogP contribution in [0.5, 0.6) is 0 Å². The summed E-state index contributed by atoms with van der Waals surface area (Å²) in [5, 5.41) is 21.1. The molecule has 1 atom stereocenters. The van der Waals surface area contributed by atoms with E-state index in [1.54, 1.807) is 22.7 Å². The van der Waals surface area contributed by atoms with E-state index in [0.29, 0.717) is 17.8 Å². The van der Waals surface area contributed by atoms with E-state index in [2.05, 4.69) is 15.5 Å². The molecule has 6 nitrogen and oxygen atoms in total. The number of carbonyl (C=O) groups is 1. The van der Waals surface area contributed by atoms with Gasteiger partial charge >= 0.3 is 0 Å². The lowest BCUT2D eigenvalue weighted by Crippen LogP contribution is -2.43. The van der Waals surface area contributed by atoms with Crippen molar-refractivity contribution in [1.29, 1.82) is 0 Å².